The lowest BCUT2D eigenvalue weighted by Gasteiger charge is -2.25. The number of nitrogens with zero attached hydrogens (tertiary/aromatic N) is 1. The molecule has 0 saturated carbocycles. The van der Waals surface area contributed by atoms with Crippen molar-refractivity contribution >= 4 is 22.7 Å². The van der Waals surface area contributed by atoms with E-state index >= 15 is 0 Å². The van der Waals surface area contributed by atoms with Gasteiger partial charge in [-0.2, -0.15) is 0 Å². The third-order valence-corrected chi connectivity index (χ3v) is 3.38. The van der Waals surface area contributed by atoms with Gasteiger partial charge in [-0.1, -0.05) is 34.6 Å². The van der Waals surface area contributed by atoms with Crippen molar-refractivity contribution in [3.8, 4) is 0 Å². The van der Waals surface area contributed by atoms with E-state index < -0.39 is 6.04 Å². The number of benzene rings is 1. The summed E-state index contributed by atoms with van der Waals surface area (Å²) in [6.07, 6.45) is 0. The fourth-order valence-electron chi connectivity index (χ4n) is 1.88. The summed E-state index contributed by atoms with van der Waals surface area (Å²) in [7, 11) is 0. The summed E-state index contributed by atoms with van der Waals surface area (Å²) in [6, 6.07) is 4.84. The van der Waals surface area contributed by atoms with Crippen molar-refractivity contribution in [2.45, 2.75) is 46.6 Å². The average Bonchev–Trinajstić information content (AvgIpc) is 2.79. The minimum atomic E-state index is -0.572. The van der Waals surface area contributed by atoms with Crippen molar-refractivity contribution in [3.63, 3.8) is 0 Å². The van der Waals surface area contributed by atoms with Crippen LogP contribution < -0.4 is 11.1 Å². The number of rotatable bonds is 3. The first kappa shape index (κ1) is 15.5. The lowest BCUT2D eigenvalue weighted by Crippen LogP contribution is -2.45. The van der Waals surface area contributed by atoms with Crippen LogP contribution in [0.25, 0.3) is 11.1 Å². The Kier molecular flexibility index (Phi) is 4.05. The highest BCUT2D eigenvalue weighted by Crippen LogP contribution is 2.24. The molecule has 0 unspecified atom stereocenters. The second-order valence-corrected chi connectivity index (χ2v) is 6.72. The van der Waals surface area contributed by atoms with E-state index in [2.05, 4.69) is 10.3 Å². The lowest BCUT2D eigenvalue weighted by molar-refractivity contribution is -0.119. The molecule has 0 aliphatic heterocycles. The molecule has 1 atom stereocenters. The molecule has 5 heteroatoms. The summed E-state index contributed by atoms with van der Waals surface area (Å²) in [4.78, 5) is 16.6. The van der Waals surface area contributed by atoms with E-state index in [1.54, 1.807) is 12.1 Å². The molecule has 2 aromatic rings. The van der Waals surface area contributed by atoms with Crippen LogP contribution in [0.1, 0.15) is 46.4 Å². The first-order valence-corrected chi connectivity index (χ1v) is 7.15. The first-order chi connectivity index (χ1) is 9.68. The number of hydrogen-bond donors (Lipinski definition) is 2. The van der Waals surface area contributed by atoms with Crippen LogP contribution in [0.3, 0.4) is 0 Å². The van der Waals surface area contributed by atoms with E-state index in [9.17, 15) is 4.79 Å². The summed E-state index contributed by atoms with van der Waals surface area (Å²) in [5.41, 5.74) is 7.80. The van der Waals surface area contributed by atoms with Gasteiger partial charge in [0.25, 0.3) is 0 Å². The Morgan fingerprint density at radius 3 is 2.57 bits per heavy atom. The smallest absolute Gasteiger partial charge is 0.241 e. The average molecular weight is 289 g/mol. The second-order valence-electron chi connectivity index (χ2n) is 6.72. The zero-order valence-electron chi connectivity index (χ0n) is 13.2. The van der Waals surface area contributed by atoms with Crippen molar-refractivity contribution in [1.82, 2.24) is 4.98 Å². The largest absolute Gasteiger partial charge is 0.440 e. The van der Waals surface area contributed by atoms with Gasteiger partial charge in [-0.05, 0) is 23.6 Å². The van der Waals surface area contributed by atoms with Crippen molar-refractivity contribution in [2.75, 3.05) is 5.32 Å². The molecule has 3 N–H and O–H groups in total. The van der Waals surface area contributed by atoms with Crippen LogP contribution in [-0.2, 0) is 4.79 Å². The zero-order chi connectivity index (χ0) is 15.8. The number of oxazole rings is 1. The van der Waals surface area contributed by atoms with Gasteiger partial charge >= 0.3 is 0 Å². The van der Waals surface area contributed by atoms with Gasteiger partial charge in [-0.3, -0.25) is 4.79 Å². The zero-order valence-corrected chi connectivity index (χ0v) is 13.2. The van der Waals surface area contributed by atoms with Gasteiger partial charge < -0.3 is 15.5 Å². The summed E-state index contributed by atoms with van der Waals surface area (Å²) in [6.45, 7) is 9.86. The molecular weight excluding hydrogens is 266 g/mol. The van der Waals surface area contributed by atoms with Crippen LogP contribution in [0.4, 0.5) is 5.69 Å². The fourth-order valence-corrected chi connectivity index (χ4v) is 1.88. The predicted molar refractivity (Wildman–Crippen MR) is 84.2 cm³/mol. The molecule has 0 aliphatic rings. The van der Waals surface area contributed by atoms with Crippen molar-refractivity contribution in [3.05, 3.63) is 24.1 Å². The number of hydrogen-bond acceptors (Lipinski definition) is 4. The first-order valence-electron chi connectivity index (χ1n) is 7.15. The fraction of sp³-hybridized carbons (Fsp3) is 0.500. The van der Waals surface area contributed by atoms with E-state index in [1.807, 2.05) is 40.7 Å². The molecule has 0 spiro atoms. The van der Waals surface area contributed by atoms with E-state index in [1.165, 1.54) is 0 Å². The maximum absolute atomic E-state index is 12.1. The summed E-state index contributed by atoms with van der Waals surface area (Å²) in [5.74, 6) is 0.721. The highest BCUT2D eigenvalue weighted by atomic mass is 16.3. The second kappa shape index (κ2) is 5.48. The van der Waals surface area contributed by atoms with Gasteiger partial charge in [-0.15, -0.1) is 0 Å². The Labute approximate surface area is 124 Å². The molecule has 1 aromatic heterocycles. The number of nitrogens with one attached hydrogen (secondary N) is 1. The summed E-state index contributed by atoms with van der Waals surface area (Å²) in [5, 5.41) is 2.83. The van der Waals surface area contributed by atoms with Crippen molar-refractivity contribution in [1.29, 1.82) is 0 Å². The molecule has 0 aliphatic carbocycles. The molecular formula is C16H23N3O2. The number of anilines is 1. The number of carbonyl (C=O) groups is 1. The molecule has 1 heterocycles. The van der Waals surface area contributed by atoms with Crippen molar-refractivity contribution in [2.24, 2.45) is 11.1 Å². The Bertz CT molecular complexity index is 653. The number of aromatic nitrogens is 1. The normalized spacial score (nSPS) is 13.7. The van der Waals surface area contributed by atoms with Crippen LogP contribution in [0, 0.1) is 5.41 Å². The quantitative estimate of drug-likeness (QED) is 0.908. The van der Waals surface area contributed by atoms with Gasteiger partial charge in [0.1, 0.15) is 5.52 Å². The molecule has 1 amide bonds. The highest BCUT2D eigenvalue weighted by molar-refractivity contribution is 5.96. The molecule has 5 nitrogen and oxygen atoms in total. The minimum absolute atomic E-state index is 0.200. The maximum atomic E-state index is 12.1. The van der Waals surface area contributed by atoms with Gasteiger partial charge in [-0.25, -0.2) is 4.98 Å². The van der Waals surface area contributed by atoms with Gasteiger partial charge in [0.15, 0.2) is 11.5 Å². The van der Waals surface area contributed by atoms with Crippen LogP contribution in [0.15, 0.2) is 22.6 Å². The number of nitrogens with two attached hydrogens (primary N) is 1. The van der Waals surface area contributed by atoms with Gasteiger partial charge in [0, 0.05) is 11.6 Å². The molecule has 0 bridgehead atoms. The molecule has 1 aromatic carbocycles. The monoisotopic (exact) mass is 289 g/mol. The number of amides is 1. The van der Waals surface area contributed by atoms with Crippen LogP contribution in [0.5, 0.6) is 0 Å². The Hall–Kier alpha value is -1.88. The van der Waals surface area contributed by atoms with Gasteiger partial charge in [0.2, 0.25) is 5.91 Å². The maximum Gasteiger partial charge on any atom is 0.241 e. The predicted octanol–water partition coefficient (Wildman–Crippen LogP) is 3.26. The third-order valence-electron chi connectivity index (χ3n) is 3.38. The standard InChI is InChI=1S/C16H23N3O2/c1-9(2)15-19-11-8-10(6-7-12(11)21-15)18-14(20)13(17)16(3,4)5/h6-9,13H,17H2,1-5H3,(H,18,20)/t13-/m0/s1. The third kappa shape index (κ3) is 3.42. The lowest BCUT2D eigenvalue weighted by atomic mass is 9.87. The highest BCUT2D eigenvalue weighted by Gasteiger charge is 2.27. The molecule has 0 fully saturated rings. The molecule has 2 rings (SSSR count). The summed E-state index contributed by atoms with van der Waals surface area (Å²) >= 11 is 0. The Morgan fingerprint density at radius 2 is 2.00 bits per heavy atom. The van der Waals surface area contributed by atoms with Crippen LogP contribution >= 0.6 is 0 Å². The van der Waals surface area contributed by atoms with E-state index in [-0.39, 0.29) is 17.2 Å². The molecule has 0 saturated heterocycles. The number of carbonyl (C=O) groups excluding carboxylic acids is 1. The van der Waals surface area contributed by atoms with Crippen LogP contribution in [-0.4, -0.2) is 16.9 Å². The molecule has 0 radical (unpaired) electrons. The number of fused-ring (bicyclic) bond motifs is 1. The molecule has 114 valence electrons. The van der Waals surface area contributed by atoms with E-state index in [0.717, 1.165) is 11.1 Å². The van der Waals surface area contributed by atoms with Crippen LogP contribution in [0.2, 0.25) is 0 Å². The molecule has 21 heavy (non-hydrogen) atoms. The minimum Gasteiger partial charge on any atom is -0.440 e. The van der Waals surface area contributed by atoms with E-state index in [0.29, 0.717) is 11.6 Å². The Balaban J connectivity index is 2.21. The van der Waals surface area contributed by atoms with Gasteiger partial charge in [0.05, 0.1) is 6.04 Å². The van der Waals surface area contributed by atoms with E-state index in [4.69, 9.17) is 10.2 Å². The SMILES string of the molecule is CC(C)c1nc2cc(NC(=O)[C@H](N)C(C)(C)C)ccc2o1. The summed E-state index contributed by atoms with van der Waals surface area (Å²) < 4.78 is 5.64. The topological polar surface area (TPSA) is 81.2 Å². The van der Waals surface area contributed by atoms with Crippen molar-refractivity contribution < 1.29 is 9.21 Å². The Morgan fingerprint density at radius 1 is 1.33 bits per heavy atom.